The van der Waals surface area contributed by atoms with Gasteiger partial charge in [-0.05, 0) is 49.4 Å². The van der Waals surface area contributed by atoms with Gasteiger partial charge in [-0.15, -0.1) is 0 Å². The summed E-state index contributed by atoms with van der Waals surface area (Å²) in [6.45, 7) is 3.34. The molecule has 1 unspecified atom stereocenters. The topological polar surface area (TPSA) is 61.2 Å². The Morgan fingerprint density at radius 2 is 1.89 bits per heavy atom. The van der Waals surface area contributed by atoms with Crippen LogP contribution in [0.3, 0.4) is 0 Å². The lowest BCUT2D eigenvalue weighted by atomic mass is 10.0. The zero-order valence-electron chi connectivity index (χ0n) is 11.0. The minimum atomic E-state index is -3.41. The summed E-state index contributed by atoms with van der Waals surface area (Å²) in [6.07, 6.45) is 2.91. The van der Waals surface area contributed by atoms with Gasteiger partial charge in [-0.1, -0.05) is 6.92 Å². The summed E-state index contributed by atoms with van der Waals surface area (Å²) in [7, 11) is -3.41. The molecule has 0 saturated carbocycles. The number of nitrogens with zero attached hydrogens (tertiary/aromatic N) is 2. The Labute approximate surface area is 114 Å². The summed E-state index contributed by atoms with van der Waals surface area (Å²) >= 11 is 0. The Balaban J connectivity index is 2.23. The van der Waals surface area contributed by atoms with Crippen molar-refractivity contribution in [2.45, 2.75) is 31.1 Å². The van der Waals surface area contributed by atoms with Gasteiger partial charge in [-0.25, -0.2) is 8.42 Å². The van der Waals surface area contributed by atoms with E-state index in [-0.39, 0.29) is 4.90 Å². The van der Waals surface area contributed by atoms with Crippen molar-refractivity contribution in [1.82, 2.24) is 4.31 Å². The highest BCUT2D eigenvalue weighted by atomic mass is 32.2. The van der Waals surface area contributed by atoms with E-state index >= 15 is 0 Å². The molecule has 0 aromatic heterocycles. The fourth-order valence-electron chi connectivity index (χ4n) is 2.33. The Kier molecular flexibility index (Phi) is 4.23. The second kappa shape index (κ2) is 5.72. The van der Waals surface area contributed by atoms with Gasteiger partial charge in [0.05, 0.1) is 16.5 Å². The van der Waals surface area contributed by atoms with Crippen molar-refractivity contribution in [2.24, 2.45) is 5.92 Å². The van der Waals surface area contributed by atoms with E-state index in [1.807, 2.05) is 6.07 Å². The average Bonchev–Trinajstić information content (AvgIpc) is 2.64. The molecular weight excluding hydrogens is 260 g/mol. The van der Waals surface area contributed by atoms with Crippen LogP contribution >= 0.6 is 0 Å². The van der Waals surface area contributed by atoms with Gasteiger partial charge in [0, 0.05) is 13.1 Å². The molecule has 0 bridgehead atoms. The van der Waals surface area contributed by atoms with Gasteiger partial charge >= 0.3 is 0 Å². The van der Waals surface area contributed by atoms with Crippen LogP contribution in [0.4, 0.5) is 0 Å². The highest BCUT2D eigenvalue weighted by molar-refractivity contribution is 7.89. The molecular formula is C14H18N2O2S. The van der Waals surface area contributed by atoms with Gasteiger partial charge in [0.25, 0.3) is 0 Å². The van der Waals surface area contributed by atoms with Gasteiger partial charge in [-0.3, -0.25) is 0 Å². The van der Waals surface area contributed by atoms with Crippen LogP contribution in [0.25, 0.3) is 0 Å². The molecule has 1 saturated heterocycles. The first-order valence-electron chi connectivity index (χ1n) is 6.54. The molecule has 4 nitrogen and oxygen atoms in total. The Morgan fingerprint density at radius 1 is 1.21 bits per heavy atom. The van der Waals surface area contributed by atoms with Crippen molar-refractivity contribution in [3.05, 3.63) is 29.8 Å². The quantitative estimate of drug-likeness (QED) is 0.834. The van der Waals surface area contributed by atoms with Crippen LogP contribution in [-0.4, -0.2) is 25.8 Å². The number of nitriles is 1. The molecule has 0 aliphatic carbocycles. The third-order valence-electron chi connectivity index (χ3n) is 3.60. The lowest BCUT2D eigenvalue weighted by molar-refractivity contribution is 0.417. The van der Waals surface area contributed by atoms with E-state index in [2.05, 4.69) is 6.92 Å². The summed E-state index contributed by atoms with van der Waals surface area (Å²) in [5.74, 6) is 0.584. The molecule has 1 heterocycles. The van der Waals surface area contributed by atoms with Crippen LogP contribution in [0, 0.1) is 17.2 Å². The maximum atomic E-state index is 12.5. The van der Waals surface area contributed by atoms with Gasteiger partial charge in [0.2, 0.25) is 10.0 Å². The summed E-state index contributed by atoms with van der Waals surface area (Å²) in [6, 6.07) is 8.12. The molecule has 0 spiro atoms. The molecule has 0 amide bonds. The van der Waals surface area contributed by atoms with E-state index in [1.165, 1.54) is 12.1 Å². The molecule has 1 fully saturated rings. The van der Waals surface area contributed by atoms with Crippen molar-refractivity contribution in [2.75, 3.05) is 13.1 Å². The number of hydrogen-bond acceptors (Lipinski definition) is 3. The Bertz CT molecular complexity index is 572. The van der Waals surface area contributed by atoms with Crippen molar-refractivity contribution >= 4 is 10.0 Å². The van der Waals surface area contributed by atoms with Gasteiger partial charge in [0.1, 0.15) is 0 Å². The second-order valence-electron chi connectivity index (χ2n) is 5.08. The molecule has 1 atom stereocenters. The molecule has 0 N–H and O–H groups in total. The first-order valence-corrected chi connectivity index (χ1v) is 7.98. The monoisotopic (exact) mass is 278 g/mol. The average molecular weight is 278 g/mol. The minimum absolute atomic E-state index is 0.279. The predicted molar refractivity (Wildman–Crippen MR) is 72.9 cm³/mol. The van der Waals surface area contributed by atoms with Crippen molar-refractivity contribution in [1.29, 1.82) is 5.26 Å². The Morgan fingerprint density at radius 3 is 2.53 bits per heavy atom. The molecule has 0 radical (unpaired) electrons. The van der Waals surface area contributed by atoms with E-state index in [1.54, 1.807) is 16.4 Å². The van der Waals surface area contributed by atoms with Crippen LogP contribution in [0.2, 0.25) is 0 Å². The zero-order valence-corrected chi connectivity index (χ0v) is 11.9. The van der Waals surface area contributed by atoms with Crippen molar-refractivity contribution < 1.29 is 8.42 Å². The first-order chi connectivity index (χ1) is 9.04. The Hall–Kier alpha value is -1.38. The highest BCUT2D eigenvalue weighted by Gasteiger charge is 2.26. The minimum Gasteiger partial charge on any atom is -0.207 e. The molecule has 5 heteroatoms. The van der Waals surface area contributed by atoms with Crippen LogP contribution in [0.15, 0.2) is 29.2 Å². The number of rotatable bonds is 2. The summed E-state index contributed by atoms with van der Waals surface area (Å²) in [4.78, 5) is 0.279. The second-order valence-corrected chi connectivity index (χ2v) is 7.01. The van der Waals surface area contributed by atoms with Crippen LogP contribution < -0.4 is 0 Å². The lowest BCUT2D eigenvalue weighted by Crippen LogP contribution is -2.32. The van der Waals surface area contributed by atoms with Gasteiger partial charge in [-0.2, -0.15) is 9.57 Å². The van der Waals surface area contributed by atoms with E-state index in [4.69, 9.17) is 5.26 Å². The van der Waals surface area contributed by atoms with E-state index in [0.29, 0.717) is 24.6 Å². The summed E-state index contributed by atoms with van der Waals surface area (Å²) < 4.78 is 26.5. The van der Waals surface area contributed by atoms with Crippen LogP contribution in [0.1, 0.15) is 31.7 Å². The highest BCUT2D eigenvalue weighted by Crippen LogP contribution is 2.23. The van der Waals surface area contributed by atoms with E-state index < -0.39 is 10.0 Å². The molecule has 1 aromatic carbocycles. The summed E-state index contributed by atoms with van der Waals surface area (Å²) in [5, 5.41) is 8.74. The number of sulfonamides is 1. The SMILES string of the molecule is CC1CCCN(S(=O)(=O)c2ccc(C#N)cc2)CC1. The molecule has 1 aliphatic rings. The molecule has 19 heavy (non-hydrogen) atoms. The van der Waals surface area contributed by atoms with Gasteiger partial charge in [0.15, 0.2) is 0 Å². The van der Waals surface area contributed by atoms with Crippen LogP contribution in [-0.2, 0) is 10.0 Å². The number of hydrogen-bond donors (Lipinski definition) is 0. The van der Waals surface area contributed by atoms with E-state index in [9.17, 15) is 8.42 Å². The lowest BCUT2D eigenvalue weighted by Gasteiger charge is -2.20. The maximum Gasteiger partial charge on any atom is 0.243 e. The van der Waals surface area contributed by atoms with E-state index in [0.717, 1.165) is 19.3 Å². The molecule has 1 aromatic rings. The molecule has 1 aliphatic heterocycles. The summed E-state index contributed by atoms with van der Waals surface area (Å²) in [5.41, 5.74) is 0.475. The van der Waals surface area contributed by atoms with Crippen LogP contribution in [0.5, 0.6) is 0 Å². The first kappa shape index (κ1) is 14.0. The third kappa shape index (κ3) is 3.14. The standard InChI is InChI=1S/C14H18N2O2S/c1-12-3-2-9-16(10-8-12)19(17,18)14-6-4-13(11-15)5-7-14/h4-7,12H,2-3,8-10H2,1H3. The predicted octanol–water partition coefficient (Wildman–Crippen LogP) is 2.37. The smallest absolute Gasteiger partial charge is 0.207 e. The maximum absolute atomic E-state index is 12.5. The fraction of sp³-hybridized carbons (Fsp3) is 0.500. The molecule has 2 rings (SSSR count). The largest absolute Gasteiger partial charge is 0.243 e. The van der Waals surface area contributed by atoms with Gasteiger partial charge < -0.3 is 0 Å². The van der Waals surface area contributed by atoms with Crippen molar-refractivity contribution in [3.8, 4) is 6.07 Å². The number of benzene rings is 1. The molecule has 102 valence electrons. The van der Waals surface area contributed by atoms with Crippen molar-refractivity contribution in [3.63, 3.8) is 0 Å². The zero-order chi connectivity index (χ0) is 13.9. The fourth-order valence-corrected chi connectivity index (χ4v) is 3.82. The third-order valence-corrected chi connectivity index (χ3v) is 5.51. The normalized spacial score (nSPS) is 21.6.